The van der Waals surface area contributed by atoms with Crippen molar-refractivity contribution < 1.29 is 59.1 Å². The second kappa shape index (κ2) is 20.5. The molecule has 0 saturated carbocycles. The fourth-order valence-electron chi connectivity index (χ4n) is 1.05. The zero-order valence-electron chi connectivity index (χ0n) is 15.4. The number of non-ortho nitro benzene ring substituents is 2. The predicted molar refractivity (Wildman–Crippen MR) is 93.2 cm³/mol. The summed E-state index contributed by atoms with van der Waals surface area (Å²) in [7, 11) is 0. The van der Waals surface area contributed by atoms with Gasteiger partial charge in [0.05, 0.1) is 13.2 Å². The van der Waals surface area contributed by atoms with Crippen LogP contribution in [0.2, 0.25) is 0 Å². The van der Waals surface area contributed by atoms with E-state index >= 15 is 0 Å². The summed E-state index contributed by atoms with van der Waals surface area (Å²) < 4.78 is 15.9. The van der Waals surface area contributed by atoms with E-state index in [4.69, 9.17) is 17.9 Å². The molecule has 0 spiro atoms. The number of nitro groups is 2. The molecule has 10 nitrogen and oxygen atoms in total. The summed E-state index contributed by atoms with van der Waals surface area (Å²) in [5.74, 6) is 0. The maximum absolute atomic E-state index is 9.99. The van der Waals surface area contributed by atoms with Gasteiger partial charge in [-0.2, -0.15) is 36.4 Å². The van der Waals surface area contributed by atoms with E-state index in [0.29, 0.717) is 0 Å². The van der Waals surface area contributed by atoms with Gasteiger partial charge in [0.15, 0.2) is 11.4 Å². The van der Waals surface area contributed by atoms with Crippen LogP contribution >= 0.6 is 0 Å². The fraction of sp³-hybridized carbons (Fsp3) is 0.294. The average molecular weight is 498 g/mol. The van der Waals surface area contributed by atoms with Crippen molar-refractivity contribution in [2.45, 2.75) is 13.8 Å². The van der Waals surface area contributed by atoms with E-state index in [-0.39, 0.29) is 30.0 Å². The summed E-state index contributed by atoms with van der Waals surface area (Å²) in [6.07, 6.45) is 0. The van der Waals surface area contributed by atoms with Crippen LogP contribution in [0.4, 0.5) is 11.4 Å². The number of rotatable bonds is 4. The molecule has 0 radical (unpaired) electrons. The van der Waals surface area contributed by atoms with Gasteiger partial charge < -0.3 is 10.2 Å². The molecule has 0 fully saturated rings. The third-order valence-electron chi connectivity index (χ3n) is 2.68. The molecule has 0 saturated heterocycles. The van der Waals surface area contributed by atoms with Gasteiger partial charge >= 0.3 is 39.1 Å². The van der Waals surface area contributed by atoms with Gasteiger partial charge in [-0.15, -0.1) is 0 Å². The number of aliphatic hydroxyl groups is 2. The van der Waals surface area contributed by atoms with Crippen LogP contribution in [0.25, 0.3) is 0 Å². The van der Waals surface area contributed by atoms with Crippen LogP contribution in [-0.4, -0.2) is 33.3 Å². The Bertz CT molecular complexity index is 618. The summed E-state index contributed by atoms with van der Waals surface area (Å²) in [6.45, 7) is 3.69. The molecular formula is C17H20Co2N2O8-2. The fourth-order valence-corrected chi connectivity index (χ4v) is 1.05. The Morgan fingerprint density at radius 2 is 1.03 bits per heavy atom. The Kier molecular flexibility index (Phi) is 22.3. The molecular weight excluding hydrogens is 478 g/mol. The summed E-state index contributed by atoms with van der Waals surface area (Å²) in [5, 5.41) is 36.9. The summed E-state index contributed by atoms with van der Waals surface area (Å²) in [6, 6.07) is 17.0. The molecule has 0 aliphatic heterocycles. The van der Waals surface area contributed by atoms with E-state index in [2.05, 4.69) is 43.5 Å². The van der Waals surface area contributed by atoms with Crippen molar-refractivity contribution in [1.29, 1.82) is 0 Å². The van der Waals surface area contributed by atoms with E-state index in [1.807, 2.05) is 0 Å². The normalized spacial score (nSPS) is 8.76. The van der Waals surface area contributed by atoms with Gasteiger partial charge in [-0.3, -0.25) is 20.2 Å². The van der Waals surface area contributed by atoms with Crippen LogP contribution in [-0.2, 0) is 39.1 Å². The number of aliphatic hydroxyl groups excluding tert-OH is 2. The van der Waals surface area contributed by atoms with E-state index in [0.717, 1.165) is 0 Å². The molecule has 29 heavy (non-hydrogen) atoms. The first-order chi connectivity index (χ1) is 13.7. The molecule has 2 aromatic rings. The molecule has 0 heterocycles. The van der Waals surface area contributed by atoms with Crippen LogP contribution in [0.3, 0.4) is 0 Å². The quantitative estimate of drug-likeness (QED) is 0.369. The first-order valence-electron chi connectivity index (χ1n) is 7.43. The maximum atomic E-state index is 9.99. The second-order valence-corrected chi connectivity index (χ2v) is 5.51. The van der Waals surface area contributed by atoms with Crippen molar-refractivity contribution in [1.82, 2.24) is 0 Å². The Labute approximate surface area is 183 Å². The molecule has 0 atom stereocenters. The Hall–Kier alpha value is -2.23. The molecule has 0 bridgehead atoms. The Morgan fingerprint density at radius 1 is 0.793 bits per heavy atom. The van der Waals surface area contributed by atoms with Crippen molar-refractivity contribution in [3.63, 3.8) is 0 Å². The van der Waals surface area contributed by atoms with Crippen LogP contribution in [0.1, 0.15) is 13.8 Å². The van der Waals surface area contributed by atoms with E-state index in [9.17, 15) is 20.2 Å². The van der Waals surface area contributed by atoms with Crippen molar-refractivity contribution in [3.8, 4) is 0 Å². The van der Waals surface area contributed by atoms with E-state index in [1.165, 1.54) is 48.5 Å². The van der Waals surface area contributed by atoms with Gasteiger partial charge in [0.1, 0.15) is 0 Å². The molecule has 0 aromatic heterocycles. The number of benzene rings is 2. The standard InChI is InChI=1S/2C6H4NO2.C5H12O2.2Co.2O/c2*8-7(9)6-4-2-1-3-5-6;1-5(2,3-6)4-7;;;;/h2*2-5H;6-7H,3-4H2,1-2H3;;;;/q2*-1;;;;;. The van der Waals surface area contributed by atoms with Crippen molar-refractivity contribution >= 4 is 11.4 Å². The summed E-state index contributed by atoms with van der Waals surface area (Å²) >= 11 is 4.62. The third kappa shape index (κ3) is 18.9. The van der Waals surface area contributed by atoms with Gasteiger partial charge in [-0.05, 0) is 0 Å². The van der Waals surface area contributed by atoms with E-state index < -0.39 is 9.85 Å². The average Bonchev–Trinajstić information content (AvgIpc) is 2.78. The minimum atomic E-state index is -0.437. The Balaban J connectivity index is -0.000000324. The molecule has 0 aliphatic carbocycles. The summed E-state index contributed by atoms with van der Waals surface area (Å²) in [4.78, 5) is 19.1. The topological polar surface area (TPSA) is 161 Å². The van der Waals surface area contributed by atoms with Crippen LogP contribution in [0, 0.1) is 37.8 Å². The number of hydrogen-bond donors (Lipinski definition) is 2. The molecule has 12 heteroatoms. The number of hydrogen-bond acceptors (Lipinski definition) is 8. The molecule has 2 aromatic carbocycles. The van der Waals surface area contributed by atoms with Crippen molar-refractivity contribution in [3.05, 3.63) is 80.9 Å². The van der Waals surface area contributed by atoms with Crippen LogP contribution in [0.5, 0.6) is 0 Å². The predicted octanol–water partition coefficient (Wildman–Crippen LogP) is 2.54. The van der Waals surface area contributed by atoms with Crippen LogP contribution in [0.15, 0.2) is 48.5 Å². The molecule has 2 rings (SSSR count). The van der Waals surface area contributed by atoms with Gasteiger partial charge in [0.25, 0.3) is 0 Å². The van der Waals surface area contributed by atoms with Crippen molar-refractivity contribution in [2.24, 2.45) is 5.41 Å². The molecule has 2 N–H and O–H groups in total. The zero-order valence-corrected chi connectivity index (χ0v) is 17.5. The number of nitro benzene ring substituents is 2. The molecule has 0 unspecified atom stereocenters. The zero-order chi connectivity index (χ0) is 23.3. The minimum absolute atomic E-state index is 0.0451. The monoisotopic (exact) mass is 498 g/mol. The number of nitrogens with zero attached hydrogens (tertiary/aromatic N) is 2. The molecule has 0 amide bonds. The first-order valence-corrected chi connectivity index (χ1v) is 8.28. The van der Waals surface area contributed by atoms with Crippen molar-refractivity contribution in [2.75, 3.05) is 13.2 Å². The van der Waals surface area contributed by atoms with Crippen LogP contribution < -0.4 is 0 Å². The Morgan fingerprint density at radius 3 is 1.14 bits per heavy atom. The molecule has 166 valence electrons. The van der Waals surface area contributed by atoms with Gasteiger partial charge in [0, 0.05) is 15.3 Å². The first kappa shape index (κ1) is 31.5. The molecule has 0 aliphatic rings. The van der Waals surface area contributed by atoms with Gasteiger partial charge in [0.2, 0.25) is 0 Å². The van der Waals surface area contributed by atoms with E-state index in [1.54, 1.807) is 13.8 Å². The summed E-state index contributed by atoms with van der Waals surface area (Å²) in [5.41, 5.74) is -0.0949. The third-order valence-corrected chi connectivity index (χ3v) is 2.68. The van der Waals surface area contributed by atoms with Gasteiger partial charge in [-0.1, -0.05) is 38.1 Å². The second-order valence-electron chi connectivity index (χ2n) is 5.51. The van der Waals surface area contributed by atoms with Gasteiger partial charge in [-0.25, -0.2) is 0 Å². The SMILES string of the molecule is CC(C)(CO)CO.O=[N+]([O-])c1cc[c-]cc1.O=[N+]([O-])c1cc[c-]cc1.[O]=[Co].[O]=[Co].